The van der Waals surface area contributed by atoms with E-state index in [1.54, 1.807) is 0 Å². The number of nitrogens with zero attached hydrogens (tertiary/aromatic N) is 1. The third-order valence-corrected chi connectivity index (χ3v) is 5.91. The molecule has 0 amide bonds. The quantitative estimate of drug-likeness (QED) is 0.466. The van der Waals surface area contributed by atoms with Gasteiger partial charge in [-0.15, -0.1) is 0 Å². The van der Waals surface area contributed by atoms with Crippen molar-refractivity contribution in [3.05, 3.63) is 89.6 Å². The van der Waals surface area contributed by atoms with Gasteiger partial charge in [0, 0.05) is 16.5 Å². The molecule has 28 heavy (non-hydrogen) atoms. The second kappa shape index (κ2) is 6.91. The number of rotatable bonds is 4. The Hall–Kier alpha value is -2.93. The van der Waals surface area contributed by atoms with Crippen molar-refractivity contribution in [2.75, 3.05) is 0 Å². The van der Waals surface area contributed by atoms with Gasteiger partial charge in [0.25, 0.3) is 0 Å². The molecule has 2 aromatic carbocycles. The molecule has 0 spiro atoms. The summed E-state index contributed by atoms with van der Waals surface area (Å²) in [7, 11) is 0. The Bertz CT molecular complexity index is 1100. The Morgan fingerprint density at radius 3 is 2.50 bits per heavy atom. The number of hydrogen-bond acceptors (Lipinski definition) is 1. The molecule has 0 N–H and O–H groups in total. The van der Waals surface area contributed by atoms with E-state index in [9.17, 15) is 0 Å². The van der Waals surface area contributed by atoms with E-state index < -0.39 is 0 Å². The molecule has 1 heteroatoms. The molecule has 1 aliphatic carbocycles. The monoisotopic (exact) mass is 365 g/mol. The molecule has 140 valence electrons. The van der Waals surface area contributed by atoms with Crippen LogP contribution in [0.5, 0.6) is 0 Å². The van der Waals surface area contributed by atoms with E-state index in [2.05, 4.69) is 94.1 Å². The van der Waals surface area contributed by atoms with E-state index in [1.807, 2.05) is 6.92 Å². The van der Waals surface area contributed by atoms with Gasteiger partial charge in [0.2, 0.25) is 0 Å². The average Bonchev–Trinajstić information content (AvgIpc) is 2.95. The molecule has 0 bridgehead atoms. The van der Waals surface area contributed by atoms with Crippen LogP contribution in [0.2, 0.25) is 0 Å². The summed E-state index contributed by atoms with van der Waals surface area (Å²) in [6, 6.07) is 19.8. The van der Waals surface area contributed by atoms with Crippen LogP contribution in [-0.2, 0) is 5.41 Å². The fourth-order valence-electron chi connectivity index (χ4n) is 4.26. The zero-order valence-electron chi connectivity index (χ0n) is 17.2. The second-order valence-electron chi connectivity index (χ2n) is 8.02. The number of hydrogen-bond donors (Lipinski definition) is 0. The van der Waals surface area contributed by atoms with Crippen molar-refractivity contribution in [3.8, 4) is 22.4 Å². The summed E-state index contributed by atoms with van der Waals surface area (Å²) in [5, 5.41) is 0. The van der Waals surface area contributed by atoms with E-state index in [4.69, 9.17) is 4.98 Å². The molecule has 0 unspecified atom stereocenters. The lowest BCUT2D eigenvalue weighted by molar-refractivity contribution is 0.660. The molecule has 0 atom stereocenters. The molecule has 0 fully saturated rings. The fraction of sp³-hybridized carbons (Fsp3) is 0.222. The molecular formula is C27H27N. The molecule has 1 aliphatic rings. The molecule has 1 heterocycles. The Morgan fingerprint density at radius 1 is 1.00 bits per heavy atom. The fourth-order valence-corrected chi connectivity index (χ4v) is 4.26. The summed E-state index contributed by atoms with van der Waals surface area (Å²) < 4.78 is 0. The first-order valence-electron chi connectivity index (χ1n) is 10.0. The molecular weight excluding hydrogens is 338 g/mol. The van der Waals surface area contributed by atoms with Crippen molar-refractivity contribution in [2.24, 2.45) is 0 Å². The zero-order valence-corrected chi connectivity index (χ0v) is 17.2. The van der Waals surface area contributed by atoms with Crippen molar-refractivity contribution in [1.82, 2.24) is 4.98 Å². The lowest BCUT2D eigenvalue weighted by Crippen LogP contribution is -2.14. The van der Waals surface area contributed by atoms with Gasteiger partial charge in [0.05, 0.1) is 11.4 Å². The van der Waals surface area contributed by atoms with Gasteiger partial charge in [-0.2, -0.15) is 0 Å². The van der Waals surface area contributed by atoms with Crippen LogP contribution < -0.4 is 0 Å². The number of pyridine rings is 1. The van der Waals surface area contributed by atoms with Crippen LogP contribution in [0.15, 0.2) is 67.3 Å². The molecule has 0 aliphatic heterocycles. The third-order valence-electron chi connectivity index (χ3n) is 5.91. The highest BCUT2D eigenvalue weighted by Crippen LogP contribution is 2.49. The maximum Gasteiger partial charge on any atom is 0.0735 e. The van der Waals surface area contributed by atoms with Gasteiger partial charge in [0.1, 0.15) is 0 Å². The molecule has 4 rings (SSSR count). The Kier molecular flexibility index (Phi) is 4.55. The standard InChI is InChI=1S/C27H27N/c1-6-10-19-14-16-25(28-26(19)18(3)7-2)20-13-15-22-21-11-8-9-12-23(21)27(4,5)24(22)17-20/h6,8-17H,3,7H2,1-2,4-5H3. The highest BCUT2D eigenvalue weighted by Gasteiger charge is 2.35. The van der Waals surface area contributed by atoms with Crippen LogP contribution in [0.3, 0.4) is 0 Å². The predicted molar refractivity (Wildman–Crippen MR) is 121 cm³/mol. The smallest absolute Gasteiger partial charge is 0.0735 e. The lowest BCUT2D eigenvalue weighted by Gasteiger charge is -2.22. The van der Waals surface area contributed by atoms with Crippen LogP contribution in [0, 0.1) is 0 Å². The van der Waals surface area contributed by atoms with Gasteiger partial charge < -0.3 is 0 Å². The van der Waals surface area contributed by atoms with Crippen molar-refractivity contribution in [1.29, 1.82) is 0 Å². The zero-order chi connectivity index (χ0) is 19.9. The number of fused-ring (bicyclic) bond motifs is 3. The summed E-state index contributed by atoms with van der Waals surface area (Å²) in [5.74, 6) is 0. The van der Waals surface area contributed by atoms with E-state index >= 15 is 0 Å². The minimum Gasteiger partial charge on any atom is -0.248 e. The third kappa shape index (κ3) is 2.82. The highest BCUT2D eigenvalue weighted by atomic mass is 14.7. The van der Waals surface area contributed by atoms with Gasteiger partial charge in [-0.1, -0.05) is 82.0 Å². The average molecular weight is 366 g/mol. The van der Waals surface area contributed by atoms with Crippen molar-refractivity contribution >= 4 is 11.6 Å². The summed E-state index contributed by atoms with van der Waals surface area (Å²) >= 11 is 0. The maximum absolute atomic E-state index is 5.00. The lowest BCUT2D eigenvalue weighted by atomic mass is 9.82. The number of benzene rings is 2. The molecule has 1 nitrogen and oxygen atoms in total. The van der Waals surface area contributed by atoms with Crippen molar-refractivity contribution < 1.29 is 0 Å². The first-order chi connectivity index (χ1) is 13.5. The first kappa shape index (κ1) is 18.4. The summed E-state index contributed by atoms with van der Waals surface area (Å²) in [6.07, 6.45) is 5.06. The van der Waals surface area contributed by atoms with Crippen LogP contribution in [0.4, 0.5) is 0 Å². The van der Waals surface area contributed by atoms with Crippen LogP contribution in [0.25, 0.3) is 34.0 Å². The summed E-state index contributed by atoms with van der Waals surface area (Å²) in [5.41, 5.74) is 10.8. The van der Waals surface area contributed by atoms with Crippen LogP contribution in [-0.4, -0.2) is 4.98 Å². The first-order valence-corrected chi connectivity index (χ1v) is 10.0. The van der Waals surface area contributed by atoms with Gasteiger partial charge in [0.15, 0.2) is 0 Å². The highest BCUT2D eigenvalue weighted by molar-refractivity contribution is 5.83. The Morgan fingerprint density at radius 2 is 1.75 bits per heavy atom. The summed E-state index contributed by atoms with van der Waals surface area (Å²) in [6.45, 7) is 13.0. The molecule has 1 aromatic heterocycles. The van der Waals surface area contributed by atoms with Crippen molar-refractivity contribution in [3.63, 3.8) is 0 Å². The van der Waals surface area contributed by atoms with E-state index in [1.165, 1.54) is 22.3 Å². The van der Waals surface area contributed by atoms with E-state index in [-0.39, 0.29) is 5.41 Å². The summed E-state index contributed by atoms with van der Waals surface area (Å²) in [4.78, 5) is 5.00. The van der Waals surface area contributed by atoms with Gasteiger partial charge in [-0.05, 0) is 53.3 Å². The largest absolute Gasteiger partial charge is 0.248 e. The Balaban J connectivity index is 1.85. The van der Waals surface area contributed by atoms with Gasteiger partial charge >= 0.3 is 0 Å². The van der Waals surface area contributed by atoms with Gasteiger partial charge in [-0.25, -0.2) is 4.98 Å². The second-order valence-corrected chi connectivity index (χ2v) is 8.02. The predicted octanol–water partition coefficient (Wildman–Crippen LogP) is 7.51. The normalized spacial score (nSPS) is 14.1. The minimum atomic E-state index is 0.00265. The van der Waals surface area contributed by atoms with Gasteiger partial charge in [-0.3, -0.25) is 0 Å². The molecule has 0 radical (unpaired) electrons. The van der Waals surface area contributed by atoms with E-state index in [0.717, 1.165) is 34.5 Å². The molecule has 0 saturated heterocycles. The van der Waals surface area contributed by atoms with E-state index in [0.29, 0.717) is 0 Å². The van der Waals surface area contributed by atoms with Crippen molar-refractivity contribution in [2.45, 2.75) is 39.5 Å². The van der Waals surface area contributed by atoms with Crippen LogP contribution >= 0.6 is 0 Å². The van der Waals surface area contributed by atoms with Crippen LogP contribution in [0.1, 0.15) is 56.5 Å². The Labute approximate surface area is 168 Å². The molecule has 3 aromatic rings. The topological polar surface area (TPSA) is 12.9 Å². The maximum atomic E-state index is 5.00. The number of allylic oxidation sites excluding steroid dienone is 2. The minimum absolute atomic E-state index is 0.00265. The SMILES string of the molecule is C=C(CC)c1nc(-c2ccc3c(c2)C(C)(C)c2ccccc2-3)ccc1C=CC. The molecule has 0 saturated carbocycles. The number of aromatic nitrogens is 1.